The van der Waals surface area contributed by atoms with Gasteiger partial charge in [0.2, 0.25) is 0 Å². The van der Waals surface area contributed by atoms with Crippen LogP contribution in [0.1, 0.15) is 16.7 Å². The second-order valence-corrected chi connectivity index (χ2v) is 4.28. The summed E-state index contributed by atoms with van der Waals surface area (Å²) in [5.74, 6) is 1.06. The molecule has 0 aliphatic carbocycles. The van der Waals surface area contributed by atoms with E-state index in [1.807, 2.05) is 18.2 Å². The Balaban J connectivity index is 2.33. The lowest BCUT2D eigenvalue weighted by molar-refractivity contribution is 0.281. The van der Waals surface area contributed by atoms with Gasteiger partial charge in [0, 0.05) is 6.61 Å². The zero-order chi connectivity index (χ0) is 14.4. The number of nitrogens with zero attached hydrogens (tertiary/aromatic N) is 1. The minimum absolute atomic E-state index is 0.0366. The van der Waals surface area contributed by atoms with Crippen molar-refractivity contribution in [3.05, 3.63) is 59.2 Å². The molecule has 4 heteroatoms. The maximum absolute atomic E-state index is 9.14. The van der Waals surface area contributed by atoms with Crippen molar-refractivity contribution >= 4 is 0 Å². The molecule has 2 aromatic rings. The highest BCUT2D eigenvalue weighted by Gasteiger charge is 2.08. The second-order valence-electron chi connectivity index (χ2n) is 4.28. The average Bonchev–Trinajstić information content (AvgIpc) is 2.50. The fraction of sp³-hybridized carbons (Fsp3) is 0.188. The van der Waals surface area contributed by atoms with E-state index in [-0.39, 0.29) is 13.2 Å². The van der Waals surface area contributed by atoms with Crippen LogP contribution in [0.3, 0.4) is 0 Å². The van der Waals surface area contributed by atoms with Gasteiger partial charge in [-0.15, -0.1) is 0 Å². The summed E-state index contributed by atoms with van der Waals surface area (Å²) in [7, 11) is 0. The predicted octanol–water partition coefficient (Wildman–Crippen LogP) is 2.38. The Morgan fingerprint density at radius 2 is 1.85 bits per heavy atom. The summed E-state index contributed by atoms with van der Waals surface area (Å²) in [5, 5.41) is 27.3. The Morgan fingerprint density at radius 1 is 1.05 bits per heavy atom. The van der Waals surface area contributed by atoms with Gasteiger partial charge in [0.05, 0.1) is 12.2 Å². The van der Waals surface area contributed by atoms with E-state index in [1.165, 1.54) is 0 Å². The van der Waals surface area contributed by atoms with Crippen LogP contribution >= 0.6 is 0 Å². The number of para-hydroxylation sites is 1. The summed E-state index contributed by atoms with van der Waals surface area (Å²) in [6, 6.07) is 14.4. The van der Waals surface area contributed by atoms with Crippen LogP contribution in [0.15, 0.2) is 42.5 Å². The number of ether oxygens (including phenoxy) is 1. The molecule has 0 spiro atoms. The van der Waals surface area contributed by atoms with Gasteiger partial charge in [0.15, 0.2) is 0 Å². The van der Waals surface area contributed by atoms with Gasteiger partial charge in [0.25, 0.3) is 0 Å². The molecule has 2 N–H and O–H groups in total. The molecule has 0 unspecified atom stereocenters. The Hall–Kier alpha value is -2.35. The zero-order valence-electron chi connectivity index (χ0n) is 10.9. The highest BCUT2D eigenvalue weighted by Crippen LogP contribution is 2.28. The van der Waals surface area contributed by atoms with E-state index in [4.69, 9.17) is 20.2 Å². The topological polar surface area (TPSA) is 73.5 Å². The smallest absolute Gasteiger partial charge is 0.145 e. The molecule has 0 aliphatic heterocycles. The van der Waals surface area contributed by atoms with E-state index in [1.54, 1.807) is 24.3 Å². The van der Waals surface area contributed by atoms with E-state index in [0.29, 0.717) is 29.0 Å². The third kappa shape index (κ3) is 3.15. The first-order valence-corrected chi connectivity index (χ1v) is 6.29. The number of nitriles is 1. The number of hydrogen-bond donors (Lipinski definition) is 2. The summed E-state index contributed by atoms with van der Waals surface area (Å²) >= 11 is 0. The second kappa shape index (κ2) is 6.71. The van der Waals surface area contributed by atoms with Crippen molar-refractivity contribution in [2.75, 3.05) is 6.61 Å². The monoisotopic (exact) mass is 269 g/mol. The Bertz CT molecular complexity index is 632. The molecule has 0 aliphatic rings. The molecule has 0 bridgehead atoms. The summed E-state index contributed by atoms with van der Waals surface area (Å²) in [4.78, 5) is 0. The maximum Gasteiger partial charge on any atom is 0.145 e. The SMILES string of the molecule is N#Cc1cc(CO)ccc1Oc1ccccc1CCO. The summed E-state index contributed by atoms with van der Waals surface area (Å²) in [6.07, 6.45) is 0.493. The highest BCUT2D eigenvalue weighted by molar-refractivity contribution is 5.48. The minimum Gasteiger partial charge on any atom is -0.456 e. The van der Waals surface area contributed by atoms with Gasteiger partial charge >= 0.3 is 0 Å². The molecule has 0 heterocycles. The normalized spacial score (nSPS) is 10.1. The van der Waals surface area contributed by atoms with Crippen LogP contribution in [-0.4, -0.2) is 16.8 Å². The Morgan fingerprint density at radius 3 is 2.55 bits per heavy atom. The van der Waals surface area contributed by atoms with Crippen molar-refractivity contribution in [1.29, 1.82) is 5.26 Å². The van der Waals surface area contributed by atoms with Crippen molar-refractivity contribution < 1.29 is 14.9 Å². The van der Waals surface area contributed by atoms with E-state index in [9.17, 15) is 0 Å². The molecule has 20 heavy (non-hydrogen) atoms. The molecule has 0 fully saturated rings. The first-order valence-electron chi connectivity index (χ1n) is 6.29. The molecule has 2 aromatic carbocycles. The maximum atomic E-state index is 9.14. The first kappa shape index (κ1) is 14.1. The van der Waals surface area contributed by atoms with E-state index >= 15 is 0 Å². The largest absolute Gasteiger partial charge is 0.456 e. The fourth-order valence-electron chi connectivity index (χ4n) is 1.90. The first-order chi connectivity index (χ1) is 9.78. The van der Waals surface area contributed by atoms with Crippen LogP contribution in [0.5, 0.6) is 11.5 Å². The van der Waals surface area contributed by atoms with Crippen LogP contribution in [0.2, 0.25) is 0 Å². The summed E-state index contributed by atoms with van der Waals surface area (Å²) in [5.41, 5.74) is 1.91. The Labute approximate surface area is 117 Å². The number of aliphatic hydroxyl groups is 2. The van der Waals surface area contributed by atoms with Gasteiger partial charge in [0.1, 0.15) is 17.6 Å². The van der Waals surface area contributed by atoms with Gasteiger partial charge in [-0.3, -0.25) is 0 Å². The van der Waals surface area contributed by atoms with Gasteiger partial charge in [-0.05, 0) is 35.7 Å². The van der Waals surface area contributed by atoms with Crippen molar-refractivity contribution in [3.8, 4) is 17.6 Å². The molecule has 0 radical (unpaired) electrons. The average molecular weight is 269 g/mol. The van der Waals surface area contributed by atoms with Crippen LogP contribution in [0, 0.1) is 11.3 Å². The standard InChI is InChI=1S/C16H15NO3/c17-10-14-9-12(11-19)5-6-16(14)20-15-4-2-1-3-13(15)7-8-18/h1-6,9,18-19H,7-8,11H2. The third-order valence-corrected chi connectivity index (χ3v) is 2.92. The number of aliphatic hydroxyl groups excluding tert-OH is 2. The lowest BCUT2D eigenvalue weighted by Gasteiger charge is -2.12. The quantitative estimate of drug-likeness (QED) is 0.874. The lowest BCUT2D eigenvalue weighted by Crippen LogP contribution is -1.97. The molecule has 0 saturated heterocycles. The van der Waals surface area contributed by atoms with E-state index in [2.05, 4.69) is 6.07 Å². The summed E-state index contributed by atoms with van der Waals surface area (Å²) in [6.45, 7) is -0.0784. The van der Waals surface area contributed by atoms with Crippen LogP contribution in [0.25, 0.3) is 0 Å². The van der Waals surface area contributed by atoms with Gasteiger partial charge < -0.3 is 14.9 Å². The molecule has 4 nitrogen and oxygen atoms in total. The molecule has 2 rings (SSSR count). The van der Waals surface area contributed by atoms with Crippen LogP contribution in [-0.2, 0) is 13.0 Å². The van der Waals surface area contributed by atoms with Gasteiger partial charge in [-0.25, -0.2) is 0 Å². The van der Waals surface area contributed by atoms with Gasteiger partial charge in [-0.1, -0.05) is 24.3 Å². The van der Waals surface area contributed by atoms with Crippen molar-refractivity contribution in [1.82, 2.24) is 0 Å². The molecule has 0 atom stereocenters. The molecule has 0 amide bonds. The zero-order valence-corrected chi connectivity index (χ0v) is 10.9. The lowest BCUT2D eigenvalue weighted by atomic mass is 10.1. The molecule has 102 valence electrons. The predicted molar refractivity (Wildman–Crippen MR) is 74.4 cm³/mol. The van der Waals surface area contributed by atoms with E-state index in [0.717, 1.165) is 5.56 Å². The molecule has 0 aromatic heterocycles. The number of rotatable bonds is 5. The third-order valence-electron chi connectivity index (χ3n) is 2.92. The van der Waals surface area contributed by atoms with Crippen LogP contribution in [0.4, 0.5) is 0 Å². The molecular weight excluding hydrogens is 254 g/mol. The number of hydrogen-bond acceptors (Lipinski definition) is 4. The number of benzene rings is 2. The minimum atomic E-state index is -0.115. The van der Waals surface area contributed by atoms with Crippen molar-refractivity contribution in [2.45, 2.75) is 13.0 Å². The van der Waals surface area contributed by atoms with Crippen LogP contribution < -0.4 is 4.74 Å². The fourth-order valence-corrected chi connectivity index (χ4v) is 1.90. The van der Waals surface area contributed by atoms with Crippen molar-refractivity contribution in [3.63, 3.8) is 0 Å². The highest BCUT2D eigenvalue weighted by atomic mass is 16.5. The molecule has 0 saturated carbocycles. The molecular formula is C16H15NO3. The Kier molecular flexibility index (Phi) is 4.72. The summed E-state index contributed by atoms with van der Waals surface area (Å²) < 4.78 is 5.77. The van der Waals surface area contributed by atoms with Crippen molar-refractivity contribution in [2.24, 2.45) is 0 Å². The van der Waals surface area contributed by atoms with E-state index < -0.39 is 0 Å². The van der Waals surface area contributed by atoms with Gasteiger partial charge in [-0.2, -0.15) is 5.26 Å².